The van der Waals surface area contributed by atoms with Gasteiger partial charge in [-0.3, -0.25) is 29.2 Å². The van der Waals surface area contributed by atoms with Crippen molar-refractivity contribution in [1.29, 1.82) is 0 Å². The van der Waals surface area contributed by atoms with Crippen LogP contribution in [0.1, 0.15) is 73.0 Å². The molecule has 3 heterocycles. The first kappa shape index (κ1) is 40.9. The topological polar surface area (TPSA) is 198 Å². The number of aryl methyl sites for hydroxylation is 1. The van der Waals surface area contributed by atoms with Gasteiger partial charge in [0.1, 0.15) is 11.7 Å². The van der Waals surface area contributed by atoms with E-state index in [1.54, 1.807) is 23.2 Å². The van der Waals surface area contributed by atoms with Gasteiger partial charge in [0.15, 0.2) is 0 Å². The number of rotatable bonds is 12. The van der Waals surface area contributed by atoms with E-state index in [2.05, 4.69) is 35.8 Å². The van der Waals surface area contributed by atoms with Gasteiger partial charge in [0.25, 0.3) is 5.91 Å². The number of aromatic amines is 1. The van der Waals surface area contributed by atoms with Crippen LogP contribution in [0.15, 0.2) is 60.8 Å². The lowest BCUT2D eigenvalue weighted by Gasteiger charge is -2.38. The number of tetrazole rings is 1. The smallest absolute Gasteiger partial charge is 0.270 e. The fourth-order valence-electron chi connectivity index (χ4n) is 8.49. The number of hydrogen-bond donors (Lipinski definition) is 4. The number of carbonyl (C=O) groups is 3. The van der Waals surface area contributed by atoms with Crippen LogP contribution in [0.5, 0.6) is 0 Å². The summed E-state index contributed by atoms with van der Waals surface area (Å²) in [5.74, 6) is -0.255. The lowest BCUT2D eigenvalue weighted by Crippen LogP contribution is -2.52. The third kappa shape index (κ3) is 9.60. The summed E-state index contributed by atoms with van der Waals surface area (Å²) >= 11 is 0. The molecule has 0 radical (unpaired) electrons. The Morgan fingerprint density at radius 2 is 1.62 bits per heavy atom. The number of carbonyl (C=O) groups excluding carboxylic acids is 3. The van der Waals surface area contributed by atoms with Crippen molar-refractivity contribution in [2.45, 2.75) is 82.8 Å². The molecule has 0 spiro atoms. The van der Waals surface area contributed by atoms with Crippen LogP contribution >= 0.6 is 12.4 Å². The Hall–Kier alpha value is -4.76. The summed E-state index contributed by atoms with van der Waals surface area (Å²) in [6, 6.07) is 16.7. The summed E-state index contributed by atoms with van der Waals surface area (Å²) < 4.78 is 5.51. The Kier molecular flexibility index (Phi) is 13.8. The van der Waals surface area contributed by atoms with E-state index in [4.69, 9.17) is 16.2 Å². The minimum Gasteiger partial charge on any atom is -0.379 e. The van der Waals surface area contributed by atoms with Gasteiger partial charge in [0.05, 0.1) is 13.2 Å². The van der Waals surface area contributed by atoms with Crippen LogP contribution in [0.2, 0.25) is 0 Å². The fraction of sp³-hybridized carbons (Fsp3) is 0.488. The van der Waals surface area contributed by atoms with E-state index in [0.29, 0.717) is 48.6 Å². The van der Waals surface area contributed by atoms with Crippen molar-refractivity contribution in [2.24, 2.45) is 23.3 Å². The average Bonchev–Trinajstić information content (AvgIpc) is 3.77. The van der Waals surface area contributed by atoms with Crippen molar-refractivity contribution in [3.8, 4) is 22.5 Å². The number of nitrogens with two attached hydrogens (primary N) is 2. The first-order valence-corrected chi connectivity index (χ1v) is 19.6. The second-order valence-corrected chi connectivity index (χ2v) is 15.3. The summed E-state index contributed by atoms with van der Waals surface area (Å²) in [5, 5.41) is 17.4. The quantitative estimate of drug-likeness (QED) is 0.161. The SMILES string of the molecule is Cc1cc(C(=O)NC2CCC(N3CCOCC3)CC2)ncc1-c1ccc(C[C@@H](C(N)=O)N(C(=O)C2CCC(CN)CC2)c2ccc(-c3nn[nH]n3)cc2)cc1.Cl. The molecule has 6 N–H and O–H groups in total. The van der Waals surface area contributed by atoms with Crippen LogP contribution in [0.4, 0.5) is 5.69 Å². The van der Waals surface area contributed by atoms with Gasteiger partial charge in [0.2, 0.25) is 17.6 Å². The minimum absolute atomic E-state index is 0. The molecule has 2 aromatic heterocycles. The van der Waals surface area contributed by atoms with Gasteiger partial charge in [-0.2, -0.15) is 5.21 Å². The van der Waals surface area contributed by atoms with Gasteiger partial charge in [-0.15, -0.1) is 22.6 Å². The Morgan fingerprint density at radius 1 is 0.946 bits per heavy atom. The molecule has 3 fully saturated rings. The van der Waals surface area contributed by atoms with Crippen LogP contribution in [0.3, 0.4) is 0 Å². The molecule has 15 heteroatoms. The normalized spacial score (nSPS) is 22.0. The molecule has 4 aromatic rings. The zero-order valence-electron chi connectivity index (χ0n) is 31.9. The van der Waals surface area contributed by atoms with Crippen LogP contribution in [-0.2, 0) is 20.7 Å². The molecule has 2 aromatic carbocycles. The van der Waals surface area contributed by atoms with Gasteiger partial charge < -0.3 is 21.5 Å². The number of H-pyrrole nitrogens is 1. The van der Waals surface area contributed by atoms with Crippen molar-refractivity contribution in [2.75, 3.05) is 37.7 Å². The molecule has 3 amide bonds. The molecule has 56 heavy (non-hydrogen) atoms. The molecule has 3 aliphatic rings. The maximum atomic E-state index is 14.3. The number of hydrogen-bond acceptors (Lipinski definition) is 10. The van der Waals surface area contributed by atoms with Crippen molar-refractivity contribution < 1.29 is 19.1 Å². The van der Waals surface area contributed by atoms with Gasteiger partial charge >= 0.3 is 0 Å². The first-order chi connectivity index (χ1) is 26.8. The Morgan fingerprint density at radius 3 is 2.23 bits per heavy atom. The largest absolute Gasteiger partial charge is 0.379 e. The Balaban J connectivity index is 0.00000532. The van der Waals surface area contributed by atoms with E-state index in [9.17, 15) is 14.4 Å². The molecule has 1 saturated heterocycles. The number of morpholine rings is 1. The van der Waals surface area contributed by atoms with Gasteiger partial charge in [0, 0.05) is 60.5 Å². The highest BCUT2D eigenvalue weighted by atomic mass is 35.5. The number of nitrogens with zero attached hydrogens (tertiary/aromatic N) is 6. The van der Waals surface area contributed by atoms with E-state index in [1.165, 1.54) is 0 Å². The monoisotopic (exact) mass is 784 g/mol. The van der Waals surface area contributed by atoms with Crippen LogP contribution < -0.4 is 21.7 Å². The molecule has 1 aliphatic heterocycles. The number of nitrogens with one attached hydrogen (secondary N) is 2. The van der Waals surface area contributed by atoms with Crippen molar-refractivity contribution in [1.82, 2.24) is 35.8 Å². The third-order valence-electron chi connectivity index (χ3n) is 11.8. The first-order valence-electron chi connectivity index (χ1n) is 19.6. The molecule has 14 nitrogen and oxygen atoms in total. The highest BCUT2D eigenvalue weighted by Gasteiger charge is 2.36. The number of primary amides is 1. The molecule has 0 bridgehead atoms. The summed E-state index contributed by atoms with van der Waals surface area (Å²) in [6.07, 6.45) is 9.22. The maximum Gasteiger partial charge on any atom is 0.270 e. The number of pyridine rings is 1. The molecular weight excluding hydrogens is 732 g/mol. The van der Waals surface area contributed by atoms with Gasteiger partial charge in [-0.1, -0.05) is 24.3 Å². The van der Waals surface area contributed by atoms with Gasteiger partial charge in [-0.05, 0) is 123 Å². The number of benzene rings is 2. The molecular formula is C41H53ClN10O4. The molecule has 2 saturated carbocycles. The lowest BCUT2D eigenvalue weighted by atomic mass is 9.81. The summed E-state index contributed by atoms with van der Waals surface area (Å²) in [4.78, 5) is 49.4. The molecule has 0 unspecified atom stereocenters. The lowest BCUT2D eigenvalue weighted by molar-refractivity contribution is -0.127. The maximum absolute atomic E-state index is 14.3. The highest BCUT2D eigenvalue weighted by Crippen LogP contribution is 2.33. The Bertz CT molecular complexity index is 1910. The molecule has 2 aliphatic carbocycles. The number of halogens is 1. The van der Waals surface area contributed by atoms with Gasteiger partial charge in [-0.25, -0.2) is 0 Å². The standard InChI is InChI=1S/C41H52N10O4.ClH/c1-26-22-36(40(53)45-32-12-16-33(17-13-32)50-18-20-55-21-19-50)44-25-35(26)29-6-2-27(3-7-29)23-37(38(43)52)51(41(54)31-8-4-28(24-42)5-9-31)34-14-10-30(11-15-34)39-46-48-49-47-39;/h2-3,6-7,10-11,14-15,22,25,28,31-33,37H,4-5,8-9,12-13,16-21,23-24,42H2,1H3,(H2,43,52)(H,45,53)(H,46,47,48,49);1H/t28?,31?,32?,33?,37-;/m0./s1. The van der Waals surface area contributed by atoms with E-state index in [0.717, 1.165) is 92.6 Å². The zero-order valence-corrected chi connectivity index (χ0v) is 32.8. The number of aromatic nitrogens is 5. The average molecular weight is 785 g/mol. The number of anilines is 1. The summed E-state index contributed by atoms with van der Waals surface area (Å²) in [5.41, 5.74) is 17.4. The van der Waals surface area contributed by atoms with E-state index in [-0.39, 0.29) is 42.6 Å². The van der Waals surface area contributed by atoms with Crippen LogP contribution in [0, 0.1) is 18.8 Å². The molecule has 7 rings (SSSR count). The predicted molar refractivity (Wildman–Crippen MR) is 216 cm³/mol. The van der Waals surface area contributed by atoms with Crippen LogP contribution in [0.25, 0.3) is 22.5 Å². The minimum atomic E-state index is -0.919. The van der Waals surface area contributed by atoms with Crippen molar-refractivity contribution >= 4 is 35.8 Å². The van der Waals surface area contributed by atoms with Crippen molar-refractivity contribution in [3.63, 3.8) is 0 Å². The van der Waals surface area contributed by atoms with Crippen molar-refractivity contribution in [3.05, 3.63) is 77.6 Å². The van der Waals surface area contributed by atoms with E-state index in [1.807, 2.05) is 49.4 Å². The third-order valence-corrected chi connectivity index (χ3v) is 11.8. The molecule has 298 valence electrons. The summed E-state index contributed by atoms with van der Waals surface area (Å²) in [6.45, 7) is 6.17. The highest BCUT2D eigenvalue weighted by molar-refractivity contribution is 6.02. The second-order valence-electron chi connectivity index (χ2n) is 15.3. The number of amides is 3. The zero-order chi connectivity index (χ0) is 38.3. The van der Waals surface area contributed by atoms with Crippen LogP contribution in [-0.4, -0.2) is 99.2 Å². The predicted octanol–water partition coefficient (Wildman–Crippen LogP) is 4.23. The Labute approximate surface area is 333 Å². The van der Waals surface area contributed by atoms with E-state index >= 15 is 0 Å². The fourth-order valence-corrected chi connectivity index (χ4v) is 8.49. The molecule has 1 atom stereocenters. The summed E-state index contributed by atoms with van der Waals surface area (Å²) in [7, 11) is 0. The van der Waals surface area contributed by atoms with E-state index < -0.39 is 11.9 Å². The number of ether oxygens (including phenoxy) is 1. The second kappa shape index (κ2) is 18.9.